The van der Waals surface area contributed by atoms with E-state index in [1.54, 1.807) is 30.4 Å². The van der Waals surface area contributed by atoms with Crippen LogP contribution < -0.4 is 5.73 Å². The molecule has 0 aliphatic rings. The third-order valence-electron chi connectivity index (χ3n) is 2.02. The van der Waals surface area contributed by atoms with Crippen LogP contribution in [0.1, 0.15) is 12.1 Å². The average Bonchev–Trinajstić information content (AvgIpc) is 2.77. The molecule has 0 radical (unpaired) electrons. The molecule has 5 nitrogen and oxygen atoms in total. The first-order valence-corrected chi connectivity index (χ1v) is 6.02. The number of thioether (sulfide) groups is 1. The van der Waals surface area contributed by atoms with Gasteiger partial charge in [0.25, 0.3) is 0 Å². The first-order valence-electron chi connectivity index (χ1n) is 5.03. The standard InChI is InChI=1S/C10H13N5S/c11-9-3-4-13-10(15-9)16-5-1-2-8-6-12-7-14-8/h3-4,6-7H,1-2,5H2,(H,12,14)(H2,11,13,15). The van der Waals surface area contributed by atoms with Crippen molar-refractivity contribution in [2.45, 2.75) is 18.0 Å². The molecular weight excluding hydrogens is 222 g/mol. The van der Waals surface area contributed by atoms with Crippen LogP contribution in [-0.2, 0) is 6.42 Å². The lowest BCUT2D eigenvalue weighted by Crippen LogP contribution is -1.94. The van der Waals surface area contributed by atoms with Crippen molar-refractivity contribution in [1.29, 1.82) is 0 Å². The Labute approximate surface area is 97.9 Å². The normalized spacial score (nSPS) is 10.5. The number of nitrogens with one attached hydrogen (secondary N) is 1. The number of nitrogens with two attached hydrogens (primary N) is 1. The average molecular weight is 235 g/mol. The number of nitrogen functional groups attached to an aromatic ring is 1. The van der Waals surface area contributed by atoms with Crippen molar-refractivity contribution in [2.75, 3.05) is 11.5 Å². The molecule has 0 aliphatic heterocycles. The second kappa shape index (κ2) is 5.50. The lowest BCUT2D eigenvalue weighted by Gasteiger charge is -1.99. The molecule has 2 rings (SSSR count). The number of anilines is 1. The van der Waals surface area contributed by atoms with Crippen molar-refractivity contribution in [1.82, 2.24) is 19.9 Å². The predicted octanol–water partition coefficient (Wildman–Crippen LogP) is 1.51. The van der Waals surface area contributed by atoms with E-state index >= 15 is 0 Å². The quantitative estimate of drug-likeness (QED) is 0.466. The summed E-state index contributed by atoms with van der Waals surface area (Å²) in [6, 6.07) is 1.69. The number of aryl methyl sites for hydroxylation is 1. The lowest BCUT2D eigenvalue weighted by molar-refractivity contribution is 0.894. The molecule has 3 N–H and O–H groups in total. The van der Waals surface area contributed by atoms with E-state index in [1.807, 2.05) is 6.20 Å². The number of hydrogen-bond acceptors (Lipinski definition) is 5. The van der Waals surface area contributed by atoms with Gasteiger partial charge >= 0.3 is 0 Å². The topological polar surface area (TPSA) is 80.5 Å². The van der Waals surface area contributed by atoms with Crippen molar-refractivity contribution >= 4 is 17.6 Å². The van der Waals surface area contributed by atoms with Crippen molar-refractivity contribution in [2.24, 2.45) is 0 Å². The summed E-state index contributed by atoms with van der Waals surface area (Å²) in [4.78, 5) is 15.3. The van der Waals surface area contributed by atoms with Gasteiger partial charge in [0.2, 0.25) is 0 Å². The highest BCUT2D eigenvalue weighted by Crippen LogP contribution is 2.15. The van der Waals surface area contributed by atoms with Gasteiger partial charge in [0, 0.05) is 18.1 Å². The van der Waals surface area contributed by atoms with Crippen molar-refractivity contribution in [3.63, 3.8) is 0 Å². The van der Waals surface area contributed by atoms with Crippen LogP contribution in [0.3, 0.4) is 0 Å². The summed E-state index contributed by atoms with van der Waals surface area (Å²) in [5.41, 5.74) is 6.65. The van der Waals surface area contributed by atoms with Crippen LogP contribution in [0.2, 0.25) is 0 Å². The van der Waals surface area contributed by atoms with Crippen LogP contribution in [0.5, 0.6) is 0 Å². The Kier molecular flexibility index (Phi) is 3.76. The second-order valence-electron chi connectivity index (χ2n) is 3.28. The summed E-state index contributed by atoms with van der Waals surface area (Å²) in [6.45, 7) is 0. The predicted molar refractivity (Wildman–Crippen MR) is 64.1 cm³/mol. The van der Waals surface area contributed by atoms with Gasteiger partial charge in [-0.25, -0.2) is 15.0 Å². The molecule has 6 heteroatoms. The van der Waals surface area contributed by atoms with Crippen molar-refractivity contribution in [3.05, 3.63) is 30.5 Å². The number of rotatable bonds is 5. The molecule has 0 unspecified atom stereocenters. The summed E-state index contributed by atoms with van der Waals surface area (Å²) in [7, 11) is 0. The van der Waals surface area contributed by atoms with Gasteiger partial charge in [-0.1, -0.05) is 11.8 Å². The van der Waals surface area contributed by atoms with Gasteiger partial charge in [-0.3, -0.25) is 0 Å². The van der Waals surface area contributed by atoms with E-state index in [2.05, 4.69) is 19.9 Å². The maximum absolute atomic E-state index is 5.56. The lowest BCUT2D eigenvalue weighted by atomic mass is 10.3. The molecule has 0 aliphatic carbocycles. The zero-order valence-electron chi connectivity index (χ0n) is 8.76. The Morgan fingerprint density at radius 2 is 2.31 bits per heavy atom. The van der Waals surface area contributed by atoms with Crippen LogP contribution in [-0.4, -0.2) is 25.7 Å². The highest BCUT2D eigenvalue weighted by Gasteiger charge is 1.99. The zero-order chi connectivity index (χ0) is 11.2. The molecule has 0 saturated carbocycles. The van der Waals surface area contributed by atoms with Crippen LogP contribution in [0.4, 0.5) is 5.82 Å². The minimum atomic E-state index is 0.518. The van der Waals surface area contributed by atoms with E-state index in [9.17, 15) is 0 Å². The molecular formula is C10H13N5S. The Balaban J connectivity index is 1.72. The third-order valence-corrected chi connectivity index (χ3v) is 2.97. The molecule has 84 valence electrons. The van der Waals surface area contributed by atoms with E-state index in [-0.39, 0.29) is 0 Å². The number of hydrogen-bond donors (Lipinski definition) is 2. The van der Waals surface area contributed by atoms with Gasteiger partial charge in [0.1, 0.15) is 5.82 Å². The number of aromatic amines is 1. The summed E-state index contributed by atoms with van der Waals surface area (Å²) < 4.78 is 0. The number of H-pyrrole nitrogens is 1. The Hall–Kier alpha value is -1.56. The summed E-state index contributed by atoms with van der Waals surface area (Å²) >= 11 is 1.62. The summed E-state index contributed by atoms with van der Waals surface area (Å²) in [6.07, 6.45) is 7.32. The Bertz CT molecular complexity index is 429. The number of aromatic nitrogens is 4. The van der Waals surface area contributed by atoms with Crippen LogP contribution in [0.25, 0.3) is 0 Å². The molecule has 2 heterocycles. The zero-order valence-corrected chi connectivity index (χ0v) is 9.57. The number of imidazole rings is 1. The molecule has 16 heavy (non-hydrogen) atoms. The van der Waals surface area contributed by atoms with Gasteiger partial charge in [-0.05, 0) is 18.9 Å². The smallest absolute Gasteiger partial charge is 0.189 e. The molecule has 0 bridgehead atoms. The minimum Gasteiger partial charge on any atom is -0.384 e. The summed E-state index contributed by atoms with van der Waals surface area (Å²) in [5.74, 6) is 1.49. The fourth-order valence-corrected chi connectivity index (χ4v) is 2.04. The van der Waals surface area contributed by atoms with Gasteiger partial charge in [-0.2, -0.15) is 0 Å². The fourth-order valence-electron chi connectivity index (χ4n) is 1.27. The maximum atomic E-state index is 5.56. The van der Waals surface area contributed by atoms with Gasteiger partial charge in [0.15, 0.2) is 5.16 Å². The molecule has 0 fully saturated rings. The van der Waals surface area contributed by atoms with E-state index in [1.165, 1.54) is 0 Å². The first kappa shape index (κ1) is 10.9. The maximum Gasteiger partial charge on any atom is 0.189 e. The van der Waals surface area contributed by atoms with E-state index in [4.69, 9.17) is 5.73 Å². The summed E-state index contributed by atoms with van der Waals surface area (Å²) in [5, 5.41) is 0.738. The molecule has 2 aromatic rings. The highest BCUT2D eigenvalue weighted by molar-refractivity contribution is 7.99. The monoisotopic (exact) mass is 235 g/mol. The Morgan fingerprint density at radius 1 is 1.38 bits per heavy atom. The van der Waals surface area contributed by atoms with Gasteiger partial charge in [0.05, 0.1) is 12.0 Å². The van der Waals surface area contributed by atoms with Gasteiger partial charge in [-0.15, -0.1) is 0 Å². The second-order valence-corrected chi connectivity index (χ2v) is 4.34. The van der Waals surface area contributed by atoms with Crippen LogP contribution >= 0.6 is 11.8 Å². The minimum absolute atomic E-state index is 0.518. The third kappa shape index (κ3) is 3.23. The molecule has 0 atom stereocenters. The van der Waals surface area contributed by atoms with E-state index < -0.39 is 0 Å². The van der Waals surface area contributed by atoms with Gasteiger partial charge < -0.3 is 10.7 Å². The van der Waals surface area contributed by atoms with Crippen LogP contribution in [0.15, 0.2) is 29.9 Å². The molecule has 0 aromatic carbocycles. The fraction of sp³-hybridized carbons (Fsp3) is 0.300. The molecule has 0 saturated heterocycles. The van der Waals surface area contributed by atoms with E-state index in [0.29, 0.717) is 5.82 Å². The molecule has 2 aromatic heterocycles. The van der Waals surface area contributed by atoms with E-state index in [0.717, 1.165) is 29.4 Å². The van der Waals surface area contributed by atoms with Crippen molar-refractivity contribution < 1.29 is 0 Å². The largest absolute Gasteiger partial charge is 0.384 e. The molecule has 0 amide bonds. The first-order chi connectivity index (χ1) is 7.84. The van der Waals surface area contributed by atoms with Crippen molar-refractivity contribution in [3.8, 4) is 0 Å². The Morgan fingerprint density at radius 3 is 3.06 bits per heavy atom. The number of nitrogens with zero attached hydrogens (tertiary/aromatic N) is 3. The highest BCUT2D eigenvalue weighted by atomic mass is 32.2. The van der Waals surface area contributed by atoms with Crippen LogP contribution in [0, 0.1) is 0 Å². The SMILES string of the molecule is Nc1ccnc(SCCCc2c[nH]cn2)n1. The molecule has 0 spiro atoms.